The monoisotopic (exact) mass is 316 g/mol. The van der Waals surface area contributed by atoms with Gasteiger partial charge in [0.05, 0.1) is 18.2 Å². The normalized spacial score (nSPS) is 17.9. The fraction of sp³-hybridized carbons (Fsp3) is 0.429. The average Bonchev–Trinajstić information content (AvgIpc) is 2.87. The highest BCUT2D eigenvalue weighted by molar-refractivity contribution is 6.00. The number of anilines is 1. The number of carbonyl (C=O) groups is 2. The lowest BCUT2D eigenvalue weighted by Crippen LogP contribution is -2.35. The van der Waals surface area contributed by atoms with Crippen molar-refractivity contribution >= 4 is 17.5 Å². The van der Waals surface area contributed by atoms with Crippen LogP contribution >= 0.6 is 0 Å². The summed E-state index contributed by atoms with van der Waals surface area (Å²) in [6.45, 7) is 0.535. The highest BCUT2D eigenvalue weighted by Crippen LogP contribution is 2.29. The van der Waals surface area contributed by atoms with Gasteiger partial charge in [0.15, 0.2) is 17.5 Å². The molecule has 1 atom stereocenters. The summed E-state index contributed by atoms with van der Waals surface area (Å²) in [7, 11) is 1.48. The zero-order valence-corrected chi connectivity index (χ0v) is 11.9. The van der Waals surface area contributed by atoms with Crippen LogP contribution in [-0.4, -0.2) is 38.6 Å². The largest absolute Gasteiger partial charge is 0.383 e. The van der Waals surface area contributed by atoms with Crippen molar-refractivity contribution in [3.8, 4) is 0 Å². The topological polar surface area (TPSA) is 58.6 Å². The molecule has 1 saturated heterocycles. The van der Waals surface area contributed by atoms with Gasteiger partial charge in [-0.1, -0.05) is 0 Å². The number of methoxy groups -OCH3 is 1. The predicted molar refractivity (Wildman–Crippen MR) is 71.7 cm³/mol. The number of nitrogens with zero attached hydrogens (tertiary/aromatic N) is 1. The molecule has 1 unspecified atom stereocenters. The van der Waals surface area contributed by atoms with Crippen molar-refractivity contribution in [1.29, 1.82) is 0 Å². The molecule has 0 aliphatic carbocycles. The number of hydrogen-bond acceptors (Lipinski definition) is 3. The maximum absolute atomic E-state index is 13.7. The van der Waals surface area contributed by atoms with Gasteiger partial charge in [0.25, 0.3) is 0 Å². The molecule has 1 aromatic carbocycles. The predicted octanol–water partition coefficient (Wildman–Crippen LogP) is 1.22. The third-order valence-electron chi connectivity index (χ3n) is 3.41. The standard InChI is InChI=1S/C14H15F3N2O3/c1-22-5-4-18-14(21)8-6-11(20)19(7-8)10-3-2-9(15)12(16)13(10)17/h2-3,8H,4-7H2,1H3,(H,18,21). The first-order chi connectivity index (χ1) is 10.5. The summed E-state index contributed by atoms with van der Waals surface area (Å²) in [6, 6.07) is 1.73. The molecule has 0 saturated carbocycles. The van der Waals surface area contributed by atoms with Crippen LogP contribution in [0.1, 0.15) is 6.42 Å². The minimum absolute atomic E-state index is 0.0837. The summed E-state index contributed by atoms with van der Waals surface area (Å²) in [5.41, 5.74) is -0.365. The second kappa shape index (κ2) is 6.78. The third kappa shape index (κ3) is 3.22. The minimum atomic E-state index is -1.64. The lowest BCUT2D eigenvalue weighted by Gasteiger charge is -2.17. The molecule has 0 radical (unpaired) electrons. The molecule has 1 heterocycles. The molecule has 120 valence electrons. The van der Waals surface area contributed by atoms with Gasteiger partial charge in [-0.05, 0) is 12.1 Å². The van der Waals surface area contributed by atoms with Crippen LogP contribution in [0.2, 0.25) is 0 Å². The fourth-order valence-electron chi connectivity index (χ4n) is 2.26. The molecule has 5 nitrogen and oxygen atoms in total. The van der Waals surface area contributed by atoms with Crippen molar-refractivity contribution in [2.75, 3.05) is 31.7 Å². The number of rotatable bonds is 5. The van der Waals surface area contributed by atoms with E-state index < -0.39 is 29.3 Å². The van der Waals surface area contributed by atoms with Gasteiger partial charge in [-0.25, -0.2) is 13.2 Å². The summed E-state index contributed by atoms with van der Waals surface area (Å²) in [6.07, 6.45) is -0.114. The first kappa shape index (κ1) is 16.3. The van der Waals surface area contributed by atoms with Gasteiger partial charge in [-0.2, -0.15) is 0 Å². The van der Waals surface area contributed by atoms with E-state index in [0.29, 0.717) is 13.2 Å². The first-order valence-corrected chi connectivity index (χ1v) is 6.66. The Morgan fingerprint density at radius 2 is 2.09 bits per heavy atom. The molecule has 2 amide bonds. The summed E-state index contributed by atoms with van der Waals surface area (Å²) in [5, 5.41) is 2.58. The van der Waals surface area contributed by atoms with Gasteiger partial charge in [0.2, 0.25) is 11.8 Å². The molecule has 1 aromatic rings. The maximum atomic E-state index is 13.7. The molecule has 1 aliphatic heterocycles. The van der Waals surface area contributed by atoms with E-state index in [-0.39, 0.29) is 24.6 Å². The van der Waals surface area contributed by atoms with E-state index in [1.54, 1.807) is 0 Å². The van der Waals surface area contributed by atoms with E-state index in [9.17, 15) is 22.8 Å². The number of nitrogens with one attached hydrogen (secondary N) is 1. The maximum Gasteiger partial charge on any atom is 0.227 e. The van der Waals surface area contributed by atoms with E-state index >= 15 is 0 Å². The smallest absolute Gasteiger partial charge is 0.227 e. The van der Waals surface area contributed by atoms with Crippen LogP contribution in [0.15, 0.2) is 12.1 Å². The van der Waals surface area contributed by atoms with Gasteiger partial charge in [-0.15, -0.1) is 0 Å². The Kier molecular flexibility index (Phi) is 5.02. The summed E-state index contributed by atoms with van der Waals surface area (Å²) in [5.74, 6) is -5.96. The van der Waals surface area contributed by atoms with Gasteiger partial charge in [0.1, 0.15) is 0 Å². The van der Waals surface area contributed by atoms with Crippen LogP contribution in [0, 0.1) is 23.4 Å². The van der Waals surface area contributed by atoms with Crippen molar-refractivity contribution in [3.63, 3.8) is 0 Å². The Labute approximate surface area is 125 Å². The molecule has 22 heavy (non-hydrogen) atoms. The Morgan fingerprint density at radius 3 is 2.77 bits per heavy atom. The molecular formula is C14H15F3N2O3. The first-order valence-electron chi connectivity index (χ1n) is 6.66. The summed E-state index contributed by atoms with van der Waals surface area (Å²) >= 11 is 0. The van der Waals surface area contributed by atoms with Crippen molar-refractivity contribution in [2.45, 2.75) is 6.42 Å². The number of halogens is 3. The van der Waals surface area contributed by atoms with E-state index in [1.165, 1.54) is 7.11 Å². The van der Waals surface area contributed by atoms with Crippen LogP contribution in [0.4, 0.5) is 18.9 Å². The lowest BCUT2D eigenvalue weighted by atomic mass is 10.1. The SMILES string of the molecule is COCCNC(=O)C1CC(=O)N(c2ccc(F)c(F)c2F)C1. The molecule has 1 aliphatic rings. The van der Waals surface area contributed by atoms with Gasteiger partial charge < -0.3 is 15.0 Å². The fourth-order valence-corrected chi connectivity index (χ4v) is 2.26. The number of benzene rings is 1. The molecule has 0 aromatic heterocycles. The molecule has 1 N–H and O–H groups in total. The number of amides is 2. The molecule has 0 spiro atoms. The Bertz CT molecular complexity index is 595. The van der Waals surface area contributed by atoms with Gasteiger partial charge in [-0.3, -0.25) is 9.59 Å². The van der Waals surface area contributed by atoms with Crippen molar-refractivity contribution in [2.24, 2.45) is 5.92 Å². The van der Waals surface area contributed by atoms with Gasteiger partial charge >= 0.3 is 0 Å². The summed E-state index contributed by atoms with van der Waals surface area (Å²) < 4.78 is 44.7. The van der Waals surface area contributed by atoms with Crippen LogP contribution in [0.25, 0.3) is 0 Å². The molecule has 0 bridgehead atoms. The van der Waals surface area contributed by atoms with Crippen LogP contribution in [0.3, 0.4) is 0 Å². The van der Waals surface area contributed by atoms with Crippen molar-refractivity contribution < 1.29 is 27.5 Å². The molecule has 1 fully saturated rings. The van der Waals surface area contributed by atoms with E-state index in [0.717, 1.165) is 17.0 Å². The van der Waals surface area contributed by atoms with Crippen LogP contribution < -0.4 is 10.2 Å². The zero-order valence-electron chi connectivity index (χ0n) is 11.9. The highest BCUT2D eigenvalue weighted by Gasteiger charge is 2.36. The van der Waals surface area contributed by atoms with E-state index in [2.05, 4.69) is 5.32 Å². The number of carbonyl (C=O) groups excluding carboxylic acids is 2. The second-order valence-corrected chi connectivity index (χ2v) is 4.88. The van der Waals surface area contributed by atoms with Gasteiger partial charge in [0, 0.05) is 26.6 Å². The van der Waals surface area contributed by atoms with E-state index in [1.807, 2.05) is 0 Å². The van der Waals surface area contributed by atoms with E-state index in [4.69, 9.17) is 4.74 Å². The number of hydrogen-bond donors (Lipinski definition) is 1. The van der Waals surface area contributed by atoms with Crippen LogP contribution in [0.5, 0.6) is 0 Å². The Morgan fingerprint density at radius 1 is 1.36 bits per heavy atom. The zero-order chi connectivity index (χ0) is 16.3. The third-order valence-corrected chi connectivity index (χ3v) is 3.41. The Balaban J connectivity index is 2.10. The molecular weight excluding hydrogens is 301 g/mol. The highest BCUT2D eigenvalue weighted by atomic mass is 19.2. The second-order valence-electron chi connectivity index (χ2n) is 4.88. The van der Waals surface area contributed by atoms with Crippen molar-refractivity contribution in [1.82, 2.24) is 5.32 Å². The quantitative estimate of drug-likeness (QED) is 0.656. The summed E-state index contributed by atoms with van der Waals surface area (Å²) in [4.78, 5) is 24.7. The lowest BCUT2D eigenvalue weighted by molar-refractivity contribution is -0.126. The molecule has 2 rings (SSSR count). The minimum Gasteiger partial charge on any atom is -0.383 e. The molecule has 8 heteroatoms. The number of ether oxygens (including phenoxy) is 1. The average molecular weight is 316 g/mol. The Hall–Kier alpha value is -2.09. The van der Waals surface area contributed by atoms with Crippen LogP contribution in [-0.2, 0) is 14.3 Å². The van der Waals surface area contributed by atoms with Crippen molar-refractivity contribution in [3.05, 3.63) is 29.6 Å².